The molecule has 0 aliphatic rings. The third kappa shape index (κ3) is 5.10. The lowest BCUT2D eigenvalue weighted by atomic mass is 10.1. The Balaban J connectivity index is 2.87. The Kier molecular flexibility index (Phi) is 5.16. The van der Waals surface area contributed by atoms with Gasteiger partial charge in [-0.2, -0.15) is 13.2 Å². The van der Waals surface area contributed by atoms with Gasteiger partial charge >= 0.3 is 6.18 Å². The van der Waals surface area contributed by atoms with E-state index in [2.05, 4.69) is 21.2 Å². The van der Waals surface area contributed by atoms with Crippen LogP contribution in [0.1, 0.15) is 15.9 Å². The van der Waals surface area contributed by atoms with Gasteiger partial charge in [0.15, 0.2) is 0 Å². The fraction of sp³-hybridized carbons (Fsp3) is 0.300. The first-order chi connectivity index (χ1) is 9.00. The first-order valence-electron chi connectivity index (χ1n) is 5.16. The maximum atomic E-state index is 12.5. The highest BCUT2D eigenvalue weighted by Crippen LogP contribution is 2.31. The van der Waals surface area contributed by atoms with E-state index in [4.69, 9.17) is 5.14 Å². The zero-order chi connectivity index (χ0) is 15.6. The predicted octanol–water partition coefficient (Wildman–Crippen LogP) is 1.49. The lowest BCUT2D eigenvalue weighted by Gasteiger charge is -2.10. The van der Waals surface area contributed by atoms with Crippen LogP contribution in [0, 0.1) is 0 Å². The largest absolute Gasteiger partial charge is 0.416 e. The van der Waals surface area contributed by atoms with Crippen molar-refractivity contribution in [2.75, 3.05) is 12.3 Å². The molecule has 0 saturated heterocycles. The fourth-order valence-corrected chi connectivity index (χ4v) is 2.09. The summed E-state index contributed by atoms with van der Waals surface area (Å²) in [6.45, 7) is -0.291. The van der Waals surface area contributed by atoms with E-state index in [0.717, 1.165) is 12.1 Å². The minimum absolute atomic E-state index is 0.165. The number of amides is 1. The number of halogens is 4. The molecule has 0 aliphatic carbocycles. The number of rotatable bonds is 4. The van der Waals surface area contributed by atoms with E-state index >= 15 is 0 Å². The first kappa shape index (κ1) is 16.9. The number of primary sulfonamides is 1. The third-order valence-corrected chi connectivity index (χ3v) is 3.68. The Bertz CT molecular complexity index is 617. The summed E-state index contributed by atoms with van der Waals surface area (Å²) in [7, 11) is -3.75. The standard InChI is InChI=1S/C10H10BrF3N2O3S/c11-8-2-1-6(10(12,13)14)5-7(8)9(17)16-3-4-20(15,18)19/h1-2,5H,3-4H2,(H,16,17)(H2,15,18,19). The molecule has 0 saturated carbocycles. The number of nitrogens with one attached hydrogen (secondary N) is 1. The second-order valence-electron chi connectivity index (χ2n) is 3.82. The smallest absolute Gasteiger partial charge is 0.351 e. The fourth-order valence-electron chi connectivity index (χ4n) is 1.28. The highest BCUT2D eigenvalue weighted by atomic mass is 79.9. The molecular formula is C10H10BrF3N2O3S. The van der Waals surface area contributed by atoms with Gasteiger partial charge in [0, 0.05) is 11.0 Å². The van der Waals surface area contributed by atoms with Crippen molar-refractivity contribution in [2.24, 2.45) is 5.14 Å². The molecule has 3 N–H and O–H groups in total. The quantitative estimate of drug-likeness (QED) is 0.836. The molecular weight excluding hydrogens is 365 g/mol. The van der Waals surface area contributed by atoms with Crippen LogP contribution in [-0.2, 0) is 16.2 Å². The zero-order valence-corrected chi connectivity index (χ0v) is 12.3. The molecule has 0 radical (unpaired) electrons. The average Bonchev–Trinajstić information content (AvgIpc) is 2.25. The second-order valence-corrected chi connectivity index (χ2v) is 6.40. The van der Waals surface area contributed by atoms with Crippen molar-refractivity contribution in [1.82, 2.24) is 5.32 Å². The molecule has 1 rings (SSSR count). The van der Waals surface area contributed by atoms with Gasteiger partial charge in [-0.05, 0) is 34.1 Å². The molecule has 0 aromatic heterocycles. The summed E-state index contributed by atoms with van der Waals surface area (Å²) in [6, 6.07) is 2.60. The molecule has 0 atom stereocenters. The van der Waals surface area contributed by atoms with Gasteiger partial charge in [0.1, 0.15) is 0 Å². The average molecular weight is 375 g/mol. The second kappa shape index (κ2) is 6.10. The van der Waals surface area contributed by atoms with Crippen molar-refractivity contribution in [3.8, 4) is 0 Å². The van der Waals surface area contributed by atoms with E-state index in [-0.39, 0.29) is 16.6 Å². The minimum Gasteiger partial charge on any atom is -0.351 e. The molecule has 5 nitrogen and oxygen atoms in total. The van der Waals surface area contributed by atoms with Crippen LogP contribution in [0.15, 0.2) is 22.7 Å². The molecule has 0 unspecified atom stereocenters. The summed E-state index contributed by atoms with van der Waals surface area (Å²) in [5.41, 5.74) is -1.22. The summed E-state index contributed by atoms with van der Waals surface area (Å²) in [6.07, 6.45) is -4.57. The normalized spacial score (nSPS) is 12.2. The number of nitrogens with two attached hydrogens (primary N) is 1. The summed E-state index contributed by atoms with van der Waals surface area (Å²) in [4.78, 5) is 11.7. The van der Waals surface area contributed by atoms with Gasteiger partial charge in [-0.15, -0.1) is 0 Å². The molecule has 20 heavy (non-hydrogen) atoms. The SMILES string of the molecule is NS(=O)(=O)CCNC(=O)c1cc(C(F)(F)F)ccc1Br. The van der Waals surface area contributed by atoms with E-state index in [1.807, 2.05) is 0 Å². The Morgan fingerprint density at radius 3 is 2.45 bits per heavy atom. The van der Waals surface area contributed by atoms with Crippen molar-refractivity contribution in [3.05, 3.63) is 33.8 Å². The van der Waals surface area contributed by atoms with Gasteiger partial charge < -0.3 is 5.32 Å². The van der Waals surface area contributed by atoms with Crippen LogP contribution in [0.4, 0.5) is 13.2 Å². The molecule has 1 amide bonds. The Morgan fingerprint density at radius 2 is 1.95 bits per heavy atom. The van der Waals surface area contributed by atoms with Crippen molar-refractivity contribution in [3.63, 3.8) is 0 Å². The van der Waals surface area contributed by atoms with Crippen LogP contribution in [0.25, 0.3) is 0 Å². The molecule has 0 bridgehead atoms. The third-order valence-electron chi connectivity index (χ3n) is 2.21. The molecule has 1 aromatic rings. The molecule has 10 heteroatoms. The monoisotopic (exact) mass is 374 g/mol. The van der Waals surface area contributed by atoms with E-state index in [9.17, 15) is 26.4 Å². The lowest BCUT2D eigenvalue weighted by Crippen LogP contribution is -2.31. The summed E-state index contributed by atoms with van der Waals surface area (Å²) in [5, 5.41) is 6.91. The van der Waals surface area contributed by atoms with Gasteiger partial charge in [0.25, 0.3) is 5.91 Å². The predicted molar refractivity (Wildman–Crippen MR) is 69.5 cm³/mol. The number of sulfonamides is 1. The Labute approximate surface area is 121 Å². The molecule has 1 aromatic carbocycles. The summed E-state index contributed by atoms with van der Waals surface area (Å²) < 4.78 is 59.1. The first-order valence-corrected chi connectivity index (χ1v) is 7.67. The number of carbonyl (C=O) groups is 1. The number of carbonyl (C=O) groups excluding carboxylic acids is 1. The van der Waals surface area contributed by atoms with Crippen LogP contribution in [0.2, 0.25) is 0 Å². The maximum Gasteiger partial charge on any atom is 0.416 e. The van der Waals surface area contributed by atoms with Gasteiger partial charge in [0.2, 0.25) is 10.0 Å². The molecule has 0 aliphatic heterocycles. The van der Waals surface area contributed by atoms with Crippen molar-refractivity contribution < 1.29 is 26.4 Å². The van der Waals surface area contributed by atoms with Crippen molar-refractivity contribution in [2.45, 2.75) is 6.18 Å². The minimum atomic E-state index is -4.57. The van der Waals surface area contributed by atoms with Crippen LogP contribution < -0.4 is 10.5 Å². The van der Waals surface area contributed by atoms with Gasteiger partial charge in [-0.1, -0.05) is 0 Å². The van der Waals surface area contributed by atoms with Crippen molar-refractivity contribution >= 4 is 31.9 Å². The topological polar surface area (TPSA) is 89.3 Å². The van der Waals surface area contributed by atoms with E-state index in [1.54, 1.807) is 0 Å². The number of hydrogen-bond acceptors (Lipinski definition) is 3. The lowest BCUT2D eigenvalue weighted by molar-refractivity contribution is -0.137. The van der Waals surface area contributed by atoms with Crippen LogP contribution >= 0.6 is 15.9 Å². The van der Waals surface area contributed by atoms with Gasteiger partial charge in [-0.25, -0.2) is 13.6 Å². The number of alkyl halides is 3. The number of benzene rings is 1. The highest BCUT2D eigenvalue weighted by molar-refractivity contribution is 9.10. The van der Waals surface area contributed by atoms with E-state index in [0.29, 0.717) is 6.07 Å². The molecule has 0 heterocycles. The molecule has 0 fully saturated rings. The Hall–Kier alpha value is -1.13. The maximum absolute atomic E-state index is 12.5. The summed E-state index contributed by atoms with van der Waals surface area (Å²) >= 11 is 2.96. The van der Waals surface area contributed by atoms with Gasteiger partial charge in [0.05, 0.1) is 16.9 Å². The van der Waals surface area contributed by atoms with E-state index in [1.165, 1.54) is 0 Å². The summed E-state index contributed by atoms with van der Waals surface area (Å²) in [5.74, 6) is -1.33. The molecule has 0 spiro atoms. The van der Waals surface area contributed by atoms with Crippen molar-refractivity contribution in [1.29, 1.82) is 0 Å². The van der Waals surface area contributed by atoms with Crippen LogP contribution in [0.3, 0.4) is 0 Å². The Morgan fingerprint density at radius 1 is 1.35 bits per heavy atom. The highest BCUT2D eigenvalue weighted by Gasteiger charge is 2.31. The van der Waals surface area contributed by atoms with Crippen LogP contribution in [-0.4, -0.2) is 26.6 Å². The molecule has 112 valence electrons. The van der Waals surface area contributed by atoms with E-state index < -0.39 is 33.4 Å². The van der Waals surface area contributed by atoms with Crippen LogP contribution in [0.5, 0.6) is 0 Å². The number of hydrogen-bond donors (Lipinski definition) is 2. The zero-order valence-electron chi connectivity index (χ0n) is 9.87. The van der Waals surface area contributed by atoms with Gasteiger partial charge in [-0.3, -0.25) is 4.79 Å².